The molecule has 0 bridgehead atoms. The lowest BCUT2D eigenvalue weighted by molar-refractivity contribution is 0.0147. The molecule has 0 atom stereocenters. The number of hydrogen-bond donors (Lipinski definition) is 1. The molecule has 1 heterocycles. The van der Waals surface area contributed by atoms with E-state index in [0.29, 0.717) is 39.3 Å². The molecule has 0 unspecified atom stereocenters. The molecular formula is C20H31N3O5S. The molecule has 0 aromatic heterocycles. The van der Waals surface area contributed by atoms with Gasteiger partial charge in [-0.05, 0) is 32.9 Å². The summed E-state index contributed by atoms with van der Waals surface area (Å²) in [6.45, 7) is 10.6. The minimum absolute atomic E-state index is 0.0563. The van der Waals surface area contributed by atoms with Gasteiger partial charge in [-0.15, -0.1) is 0 Å². The van der Waals surface area contributed by atoms with Gasteiger partial charge in [-0.25, -0.2) is 13.2 Å². The summed E-state index contributed by atoms with van der Waals surface area (Å²) in [5.74, 6) is -0.454. The summed E-state index contributed by atoms with van der Waals surface area (Å²) in [4.78, 5) is 28.5. The van der Waals surface area contributed by atoms with Crippen molar-refractivity contribution in [3.63, 3.8) is 0 Å². The van der Waals surface area contributed by atoms with E-state index in [9.17, 15) is 18.0 Å². The normalized spacial score (nSPS) is 15.8. The van der Waals surface area contributed by atoms with Crippen LogP contribution in [-0.4, -0.2) is 80.8 Å². The van der Waals surface area contributed by atoms with Crippen molar-refractivity contribution in [2.75, 3.05) is 45.0 Å². The Kier molecular flexibility index (Phi) is 7.65. The van der Waals surface area contributed by atoms with Crippen LogP contribution in [0.1, 0.15) is 38.1 Å². The molecule has 0 radical (unpaired) electrons. The standard InChI is InChI=1S/C20H31N3O5S/c1-5-29(26,27)17-9-7-6-8-16(17)18(24)21-10-11-22-12-14-23(15-13-22)19(25)28-20(2,3)4/h6-9H,5,10-15H2,1-4H3,(H,21,24). The fourth-order valence-corrected chi connectivity index (χ4v) is 4.08. The van der Waals surface area contributed by atoms with Crippen LogP contribution >= 0.6 is 0 Å². The van der Waals surface area contributed by atoms with Crippen LogP contribution in [-0.2, 0) is 14.6 Å². The number of rotatable bonds is 6. The summed E-state index contributed by atoms with van der Waals surface area (Å²) >= 11 is 0. The third-order valence-corrected chi connectivity index (χ3v) is 6.37. The Hall–Kier alpha value is -2.13. The van der Waals surface area contributed by atoms with Crippen molar-refractivity contribution in [2.45, 2.75) is 38.2 Å². The van der Waals surface area contributed by atoms with Gasteiger partial charge in [-0.1, -0.05) is 19.1 Å². The van der Waals surface area contributed by atoms with Crippen LogP contribution in [0.5, 0.6) is 0 Å². The van der Waals surface area contributed by atoms with Gasteiger partial charge in [0.25, 0.3) is 5.91 Å². The minimum atomic E-state index is -3.47. The maximum atomic E-state index is 12.5. The van der Waals surface area contributed by atoms with Gasteiger partial charge in [0.05, 0.1) is 16.2 Å². The molecule has 0 aliphatic carbocycles. The van der Waals surface area contributed by atoms with Crippen molar-refractivity contribution in [3.8, 4) is 0 Å². The molecule has 29 heavy (non-hydrogen) atoms. The number of nitrogens with zero attached hydrogens (tertiary/aromatic N) is 2. The van der Waals surface area contributed by atoms with Crippen LogP contribution in [0.15, 0.2) is 29.2 Å². The number of hydrogen-bond acceptors (Lipinski definition) is 6. The molecule has 1 aliphatic heterocycles. The molecular weight excluding hydrogens is 394 g/mol. The molecule has 0 spiro atoms. The Labute approximate surface area is 173 Å². The second kappa shape index (κ2) is 9.58. The summed E-state index contributed by atoms with van der Waals surface area (Å²) in [6, 6.07) is 6.25. The first kappa shape index (κ1) is 23.2. The summed E-state index contributed by atoms with van der Waals surface area (Å²) in [7, 11) is -3.47. The van der Waals surface area contributed by atoms with Gasteiger partial charge in [0, 0.05) is 39.3 Å². The Morgan fingerprint density at radius 2 is 1.72 bits per heavy atom. The Morgan fingerprint density at radius 1 is 1.10 bits per heavy atom. The van der Waals surface area contributed by atoms with Gasteiger partial charge in [0.1, 0.15) is 5.60 Å². The predicted octanol–water partition coefficient (Wildman–Crippen LogP) is 1.76. The SMILES string of the molecule is CCS(=O)(=O)c1ccccc1C(=O)NCCN1CCN(C(=O)OC(C)(C)C)CC1. The van der Waals surface area contributed by atoms with E-state index in [1.54, 1.807) is 24.0 Å². The van der Waals surface area contributed by atoms with Crippen LogP contribution in [0.25, 0.3) is 0 Å². The zero-order valence-electron chi connectivity index (χ0n) is 17.6. The van der Waals surface area contributed by atoms with E-state index >= 15 is 0 Å². The lowest BCUT2D eigenvalue weighted by Gasteiger charge is -2.35. The van der Waals surface area contributed by atoms with Crippen LogP contribution in [0, 0.1) is 0 Å². The maximum absolute atomic E-state index is 12.5. The quantitative estimate of drug-likeness (QED) is 0.746. The number of amides is 2. The molecule has 1 saturated heterocycles. The monoisotopic (exact) mass is 425 g/mol. The first-order valence-electron chi connectivity index (χ1n) is 9.84. The highest BCUT2D eigenvalue weighted by atomic mass is 32.2. The van der Waals surface area contributed by atoms with Crippen LogP contribution in [0.2, 0.25) is 0 Å². The number of benzene rings is 1. The number of piperazine rings is 1. The number of carbonyl (C=O) groups excluding carboxylic acids is 2. The second-order valence-corrected chi connectivity index (χ2v) is 10.2. The average Bonchev–Trinajstić information content (AvgIpc) is 2.67. The first-order chi connectivity index (χ1) is 13.5. The van der Waals surface area contributed by atoms with Crippen molar-refractivity contribution in [3.05, 3.63) is 29.8 Å². The molecule has 0 saturated carbocycles. The van der Waals surface area contributed by atoms with E-state index in [-0.39, 0.29) is 22.3 Å². The number of carbonyl (C=O) groups is 2. The zero-order valence-corrected chi connectivity index (χ0v) is 18.4. The minimum Gasteiger partial charge on any atom is -0.444 e. The van der Waals surface area contributed by atoms with Gasteiger partial charge >= 0.3 is 6.09 Å². The molecule has 1 fully saturated rings. The lowest BCUT2D eigenvalue weighted by Crippen LogP contribution is -2.51. The topological polar surface area (TPSA) is 96.0 Å². The van der Waals surface area contributed by atoms with Crippen LogP contribution in [0.3, 0.4) is 0 Å². The van der Waals surface area contributed by atoms with Gasteiger partial charge in [0.2, 0.25) is 0 Å². The fraction of sp³-hybridized carbons (Fsp3) is 0.600. The number of ether oxygens (including phenoxy) is 1. The van der Waals surface area contributed by atoms with Crippen molar-refractivity contribution < 1.29 is 22.7 Å². The highest BCUT2D eigenvalue weighted by Crippen LogP contribution is 2.17. The Morgan fingerprint density at radius 3 is 2.31 bits per heavy atom. The molecule has 2 amide bonds. The second-order valence-electron chi connectivity index (χ2n) is 7.96. The first-order valence-corrected chi connectivity index (χ1v) is 11.5. The summed E-state index contributed by atoms with van der Waals surface area (Å²) in [5.41, 5.74) is -0.343. The largest absolute Gasteiger partial charge is 0.444 e. The smallest absolute Gasteiger partial charge is 0.410 e. The molecule has 2 rings (SSSR count). The van der Waals surface area contributed by atoms with Gasteiger partial charge in [0.15, 0.2) is 9.84 Å². The van der Waals surface area contributed by atoms with Crippen molar-refractivity contribution >= 4 is 21.8 Å². The van der Waals surface area contributed by atoms with E-state index in [1.165, 1.54) is 12.1 Å². The molecule has 1 N–H and O–H groups in total. The maximum Gasteiger partial charge on any atom is 0.410 e. The van der Waals surface area contributed by atoms with E-state index in [2.05, 4.69) is 10.2 Å². The Balaban J connectivity index is 1.82. The molecule has 1 aromatic rings. The highest BCUT2D eigenvalue weighted by molar-refractivity contribution is 7.91. The lowest BCUT2D eigenvalue weighted by atomic mass is 10.2. The van der Waals surface area contributed by atoms with Crippen molar-refractivity contribution in [1.82, 2.24) is 15.1 Å². The highest BCUT2D eigenvalue weighted by Gasteiger charge is 2.26. The Bertz CT molecular complexity index is 825. The van der Waals surface area contributed by atoms with Crippen LogP contribution in [0.4, 0.5) is 4.79 Å². The van der Waals surface area contributed by atoms with Crippen LogP contribution < -0.4 is 5.32 Å². The predicted molar refractivity (Wildman–Crippen MR) is 111 cm³/mol. The average molecular weight is 426 g/mol. The van der Waals surface area contributed by atoms with Crippen molar-refractivity contribution in [1.29, 1.82) is 0 Å². The van der Waals surface area contributed by atoms with E-state index in [0.717, 1.165) is 0 Å². The zero-order chi connectivity index (χ0) is 21.7. The molecule has 162 valence electrons. The molecule has 1 aromatic carbocycles. The van der Waals surface area contributed by atoms with Crippen molar-refractivity contribution in [2.24, 2.45) is 0 Å². The molecule has 1 aliphatic rings. The van der Waals surface area contributed by atoms with E-state index in [1.807, 2.05) is 20.8 Å². The third-order valence-electron chi connectivity index (χ3n) is 4.58. The summed E-state index contributed by atoms with van der Waals surface area (Å²) < 4.78 is 29.8. The fourth-order valence-electron chi connectivity index (χ4n) is 2.98. The molecule has 8 nitrogen and oxygen atoms in total. The van der Waals surface area contributed by atoms with E-state index in [4.69, 9.17) is 4.74 Å². The third kappa shape index (κ3) is 6.71. The van der Waals surface area contributed by atoms with E-state index < -0.39 is 21.3 Å². The summed E-state index contributed by atoms with van der Waals surface area (Å²) in [6.07, 6.45) is -0.306. The molecule has 9 heteroatoms. The van der Waals surface area contributed by atoms with Gasteiger partial charge in [-0.3, -0.25) is 9.69 Å². The van der Waals surface area contributed by atoms with Gasteiger partial charge < -0.3 is 15.0 Å². The number of nitrogens with one attached hydrogen (secondary N) is 1. The van der Waals surface area contributed by atoms with Gasteiger partial charge in [-0.2, -0.15) is 0 Å². The number of sulfone groups is 1. The summed E-state index contributed by atoms with van der Waals surface area (Å²) in [5, 5.41) is 2.80.